The lowest BCUT2D eigenvalue weighted by atomic mass is 9.73. The minimum absolute atomic E-state index is 0.0263. The lowest BCUT2D eigenvalue weighted by molar-refractivity contribution is -0.0700. The standard InChI is InChI=1S/C16H31NO/c1-3-13-7-9-14(10-8-13)15(17)16(18-4-2)11-5-6-12-16/h13-15H,3-12,17H2,1-2H3. The van der Waals surface area contributed by atoms with Gasteiger partial charge in [0.25, 0.3) is 0 Å². The first-order valence-corrected chi connectivity index (χ1v) is 8.11. The fourth-order valence-electron chi connectivity index (χ4n) is 4.22. The Balaban J connectivity index is 1.94. The van der Waals surface area contributed by atoms with Gasteiger partial charge in [-0.05, 0) is 44.4 Å². The summed E-state index contributed by atoms with van der Waals surface area (Å²) in [5, 5.41) is 0. The van der Waals surface area contributed by atoms with E-state index in [4.69, 9.17) is 10.5 Å². The van der Waals surface area contributed by atoms with Gasteiger partial charge in [-0.2, -0.15) is 0 Å². The topological polar surface area (TPSA) is 35.2 Å². The molecule has 2 nitrogen and oxygen atoms in total. The van der Waals surface area contributed by atoms with Gasteiger partial charge in [0.2, 0.25) is 0 Å². The molecule has 0 bridgehead atoms. The minimum Gasteiger partial charge on any atom is -0.374 e. The first-order chi connectivity index (χ1) is 8.72. The maximum atomic E-state index is 6.64. The van der Waals surface area contributed by atoms with Crippen molar-refractivity contribution in [3.63, 3.8) is 0 Å². The molecule has 0 amide bonds. The van der Waals surface area contributed by atoms with E-state index in [1.54, 1.807) is 0 Å². The van der Waals surface area contributed by atoms with E-state index in [1.165, 1.54) is 57.8 Å². The molecule has 0 aromatic carbocycles. The van der Waals surface area contributed by atoms with Gasteiger partial charge in [-0.3, -0.25) is 0 Å². The number of ether oxygens (including phenoxy) is 1. The number of nitrogens with two attached hydrogens (primary N) is 1. The smallest absolute Gasteiger partial charge is 0.0835 e. The molecule has 2 heteroatoms. The van der Waals surface area contributed by atoms with E-state index in [0.717, 1.165) is 12.5 Å². The Morgan fingerprint density at radius 3 is 2.22 bits per heavy atom. The second-order valence-electron chi connectivity index (χ2n) is 6.42. The third kappa shape index (κ3) is 2.91. The van der Waals surface area contributed by atoms with Gasteiger partial charge in [0.1, 0.15) is 0 Å². The van der Waals surface area contributed by atoms with Gasteiger partial charge in [-0.1, -0.05) is 39.0 Å². The van der Waals surface area contributed by atoms with Crippen molar-refractivity contribution in [1.82, 2.24) is 0 Å². The summed E-state index contributed by atoms with van der Waals surface area (Å²) in [4.78, 5) is 0. The molecule has 2 aliphatic carbocycles. The Bertz CT molecular complexity index is 239. The van der Waals surface area contributed by atoms with Crippen molar-refractivity contribution >= 4 is 0 Å². The quantitative estimate of drug-likeness (QED) is 0.807. The van der Waals surface area contributed by atoms with Gasteiger partial charge in [0.05, 0.1) is 5.60 Å². The van der Waals surface area contributed by atoms with Crippen LogP contribution in [0.25, 0.3) is 0 Å². The highest BCUT2D eigenvalue weighted by molar-refractivity contribution is 4.99. The van der Waals surface area contributed by atoms with E-state index in [-0.39, 0.29) is 11.6 Å². The van der Waals surface area contributed by atoms with E-state index < -0.39 is 0 Å². The van der Waals surface area contributed by atoms with E-state index in [1.807, 2.05) is 0 Å². The molecular formula is C16H31NO. The number of hydrogen-bond acceptors (Lipinski definition) is 2. The van der Waals surface area contributed by atoms with Crippen LogP contribution in [0.5, 0.6) is 0 Å². The molecule has 2 N–H and O–H groups in total. The van der Waals surface area contributed by atoms with Crippen molar-refractivity contribution < 1.29 is 4.74 Å². The van der Waals surface area contributed by atoms with Crippen LogP contribution in [0.3, 0.4) is 0 Å². The molecule has 0 heterocycles. The molecule has 1 unspecified atom stereocenters. The molecule has 2 saturated carbocycles. The second kappa shape index (κ2) is 6.38. The van der Waals surface area contributed by atoms with Crippen molar-refractivity contribution in [2.45, 2.75) is 83.3 Å². The van der Waals surface area contributed by atoms with Gasteiger partial charge in [0.15, 0.2) is 0 Å². The Morgan fingerprint density at radius 1 is 1.11 bits per heavy atom. The molecule has 18 heavy (non-hydrogen) atoms. The molecule has 0 saturated heterocycles. The average Bonchev–Trinajstić information content (AvgIpc) is 2.88. The van der Waals surface area contributed by atoms with Gasteiger partial charge < -0.3 is 10.5 Å². The summed E-state index contributed by atoms with van der Waals surface area (Å²) >= 11 is 0. The van der Waals surface area contributed by atoms with E-state index in [9.17, 15) is 0 Å². The molecule has 106 valence electrons. The average molecular weight is 253 g/mol. The van der Waals surface area contributed by atoms with Gasteiger partial charge in [-0.15, -0.1) is 0 Å². The summed E-state index contributed by atoms with van der Waals surface area (Å²) in [7, 11) is 0. The zero-order valence-electron chi connectivity index (χ0n) is 12.3. The van der Waals surface area contributed by atoms with Gasteiger partial charge >= 0.3 is 0 Å². The number of hydrogen-bond donors (Lipinski definition) is 1. The molecule has 0 aliphatic heterocycles. The molecule has 2 rings (SSSR count). The lowest BCUT2D eigenvalue weighted by Gasteiger charge is -2.42. The van der Waals surface area contributed by atoms with Crippen molar-refractivity contribution in [2.75, 3.05) is 6.61 Å². The van der Waals surface area contributed by atoms with E-state index in [2.05, 4.69) is 13.8 Å². The zero-order chi connectivity index (χ0) is 13.0. The molecular weight excluding hydrogens is 222 g/mol. The van der Waals surface area contributed by atoms with Crippen LogP contribution < -0.4 is 5.73 Å². The van der Waals surface area contributed by atoms with Crippen molar-refractivity contribution in [3.8, 4) is 0 Å². The molecule has 0 aromatic rings. The van der Waals surface area contributed by atoms with Crippen LogP contribution in [0.15, 0.2) is 0 Å². The van der Waals surface area contributed by atoms with Gasteiger partial charge in [0, 0.05) is 12.6 Å². The van der Waals surface area contributed by atoms with Crippen LogP contribution in [-0.4, -0.2) is 18.2 Å². The maximum Gasteiger partial charge on any atom is 0.0835 e. The molecule has 2 aliphatic rings. The largest absolute Gasteiger partial charge is 0.374 e. The van der Waals surface area contributed by atoms with Crippen LogP contribution in [0.1, 0.15) is 71.6 Å². The van der Waals surface area contributed by atoms with Crippen LogP contribution in [0.4, 0.5) is 0 Å². The summed E-state index contributed by atoms with van der Waals surface area (Å²) in [5.41, 5.74) is 6.66. The van der Waals surface area contributed by atoms with Crippen molar-refractivity contribution in [3.05, 3.63) is 0 Å². The highest BCUT2D eigenvalue weighted by Gasteiger charge is 2.44. The van der Waals surface area contributed by atoms with Crippen molar-refractivity contribution in [1.29, 1.82) is 0 Å². The summed E-state index contributed by atoms with van der Waals surface area (Å²) in [6, 6.07) is 0.276. The Hall–Kier alpha value is -0.0800. The van der Waals surface area contributed by atoms with E-state index in [0.29, 0.717) is 5.92 Å². The minimum atomic E-state index is 0.0263. The highest BCUT2D eigenvalue weighted by atomic mass is 16.5. The summed E-state index contributed by atoms with van der Waals surface area (Å²) in [6.45, 7) is 5.25. The highest BCUT2D eigenvalue weighted by Crippen LogP contribution is 2.42. The Kier molecular flexibility index (Phi) is 5.08. The fourth-order valence-corrected chi connectivity index (χ4v) is 4.22. The summed E-state index contributed by atoms with van der Waals surface area (Å²) in [5.74, 6) is 1.66. The first kappa shape index (κ1) is 14.3. The Morgan fingerprint density at radius 2 is 1.72 bits per heavy atom. The van der Waals surface area contributed by atoms with Gasteiger partial charge in [-0.25, -0.2) is 0 Å². The zero-order valence-corrected chi connectivity index (χ0v) is 12.3. The van der Waals surface area contributed by atoms with Crippen LogP contribution in [0, 0.1) is 11.8 Å². The number of rotatable bonds is 5. The van der Waals surface area contributed by atoms with Crippen LogP contribution in [0.2, 0.25) is 0 Å². The SMILES string of the molecule is CCOC1(C(N)C2CCC(CC)CC2)CCCC1. The summed E-state index contributed by atoms with van der Waals surface area (Å²) < 4.78 is 6.13. The summed E-state index contributed by atoms with van der Waals surface area (Å²) in [6.07, 6.45) is 11.8. The predicted octanol–water partition coefficient (Wildman–Crippen LogP) is 3.88. The van der Waals surface area contributed by atoms with E-state index >= 15 is 0 Å². The monoisotopic (exact) mass is 253 g/mol. The molecule has 0 aromatic heterocycles. The fraction of sp³-hybridized carbons (Fsp3) is 1.00. The predicted molar refractivity (Wildman–Crippen MR) is 76.5 cm³/mol. The first-order valence-electron chi connectivity index (χ1n) is 8.11. The van der Waals surface area contributed by atoms with Crippen molar-refractivity contribution in [2.24, 2.45) is 17.6 Å². The van der Waals surface area contributed by atoms with Crippen LogP contribution in [-0.2, 0) is 4.74 Å². The third-order valence-corrected chi connectivity index (χ3v) is 5.47. The second-order valence-corrected chi connectivity index (χ2v) is 6.42. The molecule has 0 radical (unpaired) electrons. The molecule has 1 atom stereocenters. The normalized spacial score (nSPS) is 33.5. The third-order valence-electron chi connectivity index (χ3n) is 5.47. The van der Waals surface area contributed by atoms with Crippen LogP contribution >= 0.6 is 0 Å². The maximum absolute atomic E-state index is 6.64. The molecule has 2 fully saturated rings. The Labute approximate surface area is 113 Å². The molecule has 0 spiro atoms. The lowest BCUT2D eigenvalue weighted by Crippen LogP contribution is -2.53.